The van der Waals surface area contributed by atoms with E-state index in [0.717, 1.165) is 16.9 Å². The van der Waals surface area contributed by atoms with Crippen molar-refractivity contribution in [2.75, 3.05) is 0 Å². The number of rotatable bonds is 4. The molecule has 1 amide bonds. The molecule has 1 aromatic carbocycles. The zero-order valence-electron chi connectivity index (χ0n) is 15.1. The Morgan fingerprint density at radius 3 is 2.56 bits per heavy atom. The molecule has 4 aromatic rings. The molecule has 1 unspecified atom stereocenters. The van der Waals surface area contributed by atoms with E-state index >= 15 is 0 Å². The van der Waals surface area contributed by atoms with E-state index in [1.54, 1.807) is 0 Å². The highest BCUT2D eigenvalue weighted by molar-refractivity contribution is 5.95. The lowest BCUT2D eigenvalue weighted by Gasteiger charge is -2.14. The summed E-state index contributed by atoms with van der Waals surface area (Å²) in [5.41, 5.74) is 3.86. The Balaban J connectivity index is 1.56. The number of aromatic nitrogens is 4. The van der Waals surface area contributed by atoms with Gasteiger partial charge in [0, 0.05) is 11.8 Å². The quantitative estimate of drug-likeness (QED) is 0.606. The van der Waals surface area contributed by atoms with Gasteiger partial charge in [0.15, 0.2) is 11.5 Å². The second-order valence-electron chi connectivity index (χ2n) is 6.38. The number of fused-ring (bicyclic) bond motifs is 1. The fourth-order valence-corrected chi connectivity index (χ4v) is 3.06. The predicted molar refractivity (Wildman–Crippen MR) is 103 cm³/mol. The Morgan fingerprint density at radius 1 is 1.00 bits per heavy atom. The minimum atomic E-state index is -0.289. The summed E-state index contributed by atoms with van der Waals surface area (Å²) in [4.78, 5) is 17.3. The average Bonchev–Trinajstić information content (AvgIpc) is 3.12. The van der Waals surface area contributed by atoms with Crippen LogP contribution in [0.4, 0.5) is 0 Å². The largest absolute Gasteiger partial charge is 0.342 e. The van der Waals surface area contributed by atoms with Gasteiger partial charge in [-0.25, -0.2) is 0 Å². The van der Waals surface area contributed by atoms with Crippen LogP contribution in [-0.2, 0) is 0 Å². The van der Waals surface area contributed by atoms with Crippen molar-refractivity contribution in [2.24, 2.45) is 0 Å². The average molecular weight is 357 g/mol. The lowest BCUT2D eigenvalue weighted by molar-refractivity contribution is 0.0937. The monoisotopic (exact) mass is 357 g/mol. The van der Waals surface area contributed by atoms with Crippen molar-refractivity contribution in [1.82, 2.24) is 24.9 Å². The first-order chi connectivity index (χ1) is 13.1. The van der Waals surface area contributed by atoms with Crippen molar-refractivity contribution in [1.29, 1.82) is 0 Å². The molecule has 0 saturated heterocycles. The van der Waals surface area contributed by atoms with E-state index < -0.39 is 0 Å². The standard InChI is InChI=1S/C21H19N5O/c1-14-17(11-12-18(22-14)16-8-4-3-5-9-16)21(27)23-15(2)20-25-24-19-10-6-7-13-26(19)20/h3-13,15H,1-2H3,(H,23,27). The number of aryl methyl sites for hydroxylation is 1. The van der Waals surface area contributed by atoms with Crippen LogP contribution in [0.1, 0.15) is 34.8 Å². The zero-order valence-corrected chi connectivity index (χ0v) is 15.1. The summed E-state index contributed by atoms with van der Waals surface area (Å²) >= 11 is 0. The first-order valence-corrected chi connectivity index (χ1v) is 8.77. The SMILES string of the molecule is Cc1nc(-c2ccccc2)ccc1C(=O)NC(C)c1nnc2ccccn12. The van der Waals surface area contributed by atoms with Crippen LogP contribution in [0, 0.1) is 6.92 Å². The fourth-order valence-electron chi connectivity index (χ4n) is 3.06. The van der Waals surface area contributed by atoms with Crippen LogP contribution in [0.2, 0.25) is 0 Å². The van der Waals surface area contributed by atoms with Crippen LogP contribution in [0.5, 0.6) is 0 Å². The summed E-state index contributed by atoms with van der Waals surface area (Å²) in [7, 11) is 0. The van der Waals surface area contributed by atoms with Gasteiger partial charge >= 0.3 is 0 Å². The number of carbonyl (C=O) groups is 1. The van der Waals surface area contributed by atoms with E-state index in [0.29, 0.717) is 17.1 Å². The van der Waals surface area contributed by atoms with Gasteiger partial charge in [-0.05, 0) is 38.1 Å². The highest BCUT2D eigenvalue weighted by atomic mass is 16.1. The maximum atomic E-state index is 12.7. The molecule has 0 spiro atoms. The molecule has 0 aliphatic rings. The van der Waals surface area contributed by atoms with Crippen LogP contribution < -0.4 is 5.32 Å². The van der Waals surface area contributed by atoms with Crippen molar-refractivity contribution in [3.8, 4) is 11.3 Å². The third-order valence-corrected chi connectivity index (χ3v) is 4.47. The summed E-state index contributed by atoms with van der Waals surface area (Å²) in [6, 6.07) is 19.0. The second-order valence-corrected chi connectivity index (χ2v) is 6.38. The molecule has 6 nitrogen and oxygen atoms in total. The van der Waals surface area contributed by atoms with Crippen molar-refractivity contribution in [3.05, 3.63) is 83.9 Å². The molecule has 0 aliphatic carbocycles. The van der Waals surface area contributed by atoms with Gasteiger partial charge in [0.25, 0.3) is 5.91 Å². The molecule has 1 N–H and O–H groups in total. The Bertz CT molecular complexity index is 1100. The molecule has 0 aliphatic heterocycles. The van der Waals surface area contributed by atoms with Crippen molar-refractivity contribution in [2.45, 2.75) is 19.9 Å². The number of hydrogen-bond acceptors (Lipinski definition) is 4. The highest BCUT2D eigenvalue weighted by Crippen LogP contribution is 2.19. The Labute approximate surface area is 156 Å². The first kappa shape index (κ1) is 16.9. The molecule has 4 rings (SSSR count). The number of carbonyl (C=O) groups excluding carboxylic acids is 1. The Morgan fingerprint density at radius 2 is 1.78 bits per heavy atom. The third-order valence-electron chi connectivity index (χ3n) is 4.47. The minimum Gasteiger partial charge on any atom is -0.342 e. The number of amides is 1. The number of hydrogen-bond donors (Lipinski definition) is 1. The molecular formula is C21H19N5O. The smallest absolute Gasteiger partial charge is 0.253 e. The summed E-state index contributed by atoms with van der Waals surface area (Å²) in [5, 5.41) is 11.3. The summed E-state index contributed by atoms with van der Waals surface area (Å²) < 4.78 is 1.87. The molecule has 0 radical (unpaired) electrons. The maximum Gasteiger partial charge on any atom is 0.253 e. The summed E-state index contributed by atoms with van der Waals surface area (Å²) in [6.07, 6.45) is 1.88. The van der Waals surface area contributed by atoms with E-state index in [2.05, 4.69) is 20.5 Å². The van der Waals surface area contributed by atoms with Gasteiger partial charge in [-0.15, -0.1) is 10.2 Å². The molecule has 27 heavy (non-hydrogen) atoms. The highest BCUT2D eigenvalue weighted by Gasteiger charge is 2.18. The van der Waals surface area contributed by atoms with Crippen molar-refractivity contribution >= 4 is 11.6 Å². The molecule has 0 saturated carbocycles. The van der Waals surface area contributed by atoms with Crippen molar-refractivity contribution in [3.63, 3.8) is 0 Å². The first-order valence-electron chi connectivity index (χ1n) is 8.77. The van der Waals surface area contributed by atoms with Gasteiger partial charge in [-0.1, -0.05) is 36.4 Å². The van der Waals surface area contributed by atoms with E-state index in [4.69, 9.17) is 0 Å². The van der Waals surface area contributed by atoms with E-state index in [-0.39, 0.29) is 11.9 Å². The van der Waals surface area contributed by atoms with E-state index in [1.165, 1.54) is 0 Å². The number of nitrogens with one attached hydrogen (secondary N) is 1. The lowest BCUT2D eigenvalue weighted by Crippen LogP contribution is -2.28. The summed E-state index contributed by atoms with van der Waals surface area (Å²) in [6.45, 7) is 3.74. The molecule has 0 bridgehead atoms. The van der Waals surface area contributed by atoms with Gasteiger partial charge < -0.3 is 5.32 Å². The predicted octanol–water partition coefficient (Wildman–Crippen LogP) is 3.59. The van der Waals surface area contributed by atoms with Gasteiger partial charge in [0.05, 0.1) is 23.0 Å². The van der Waals surface area contributed by atoms with Crippen LogP contribution in [0.25, 0.3) is 16.9 Å². The van der Waals surface area contributed by atoms with Crippen LogP contribution >= 0.6 is 0 Å². The zero-order chi connectivity index (χ0) is 18.8. The topological polar surface area (TPSA) is 72.2 Å². The third kappa shape index (κ3) is 3.29. The van der Waals surface area contributed by atoms with Gasteiger partial charge in [-0.2, -0.15) is 0 Å². The summed E-state index contributed by atoms with van der Waals surface area (Å²) in [5.74, 6) is 0.505. The Kier molecular flexibility index (Phi) is 4.38. The maximum absolute atomic E-state index is 12.7. The van der Waals surface area contributed by atoms with Crippen LogP contribution in [0.15, 0.2) is 66.9 Å². The fraction of sp³-hybridized carbons (Fsp3) is 0.143. The number of pyridine rings is 2. The molecule has 0 fully saturated rings. The number of nitrogens with zero attached hydrogens (tertiary/aromatic N) is 4. The Hall–Kier alpha value is -3.54. The van der Waals surface area contributed by atoms with Gasteiger partial charge in [0.1, 0.15) is 0 Å². The molecule has 3 aromatic heterocycles. The molecule has 134 valence electrons. The van der Waals surface area contributed by atoms with Crippen LogP contribution in [-0.4, -0.2) is 25.5 Å². The molecular weight excluding hydrogens is 338 g/mol. The van der Waals surface area contributed by atoms with E-state index in [9.17, 15) is 4.79 Å². The second kappa shape index (κ2) is 6.99. The van der Waals surface area contributed by atoms with Gasteiger partial charge in [0.2, 0.25) is 0 Å². The van der Waals surface area contributed by atoms with Gasteiger partial charge in [-0.3, -0.25) is 14.2 Å². The minimum absolute atomic E-state index is 0.181. The van der Waals surface area contributed by atoms with Crippen LogP contribution in [0.3, 0.4) is 0 Å². The molecule has 3 heterocycles. The van der Waals surface area contributed by atoms with Crippen molar-refractivity contribution < 1.29 is 4.79 Å². The molecule has 1 atom stereocenters. The number of benzene rings is 1. The lowest BCUT2D eigenvalue weighted by atomic mass is 10.1. The molecule has 6 heteroatoms. The van der Waals surface area contributed by atoms with E-state index in [1.807, 2.05) is 85.1 Å². The normalized spacial score (nSPS) is 12.1.